The highest BCUT2D eigenvalue weighted by atomic mass is 28.1. The maximum atomic E-state index is 2.67. The van der Waals surface area contributed by atoms with Crippen molar-refractivity contribution >= 4 is 10.2 Å². The Morgan fingerprint density at radius 2 is 1.91 bits per heavy atom. The van der Waals surface area contributed by atoms with Crippen LogP contribution in [0.15, 0.2) is 0 Å². The maximum absolute atomic E-state index is 2.67. The molecule has 0 radical (unpaired) electrons. The van der Waals surface area contributed by atoms with Gasteiger partial charge in [0.15, 0.2) is 0 Å². The minimum atomic E-state index is 0.950. The van der Waals surface area contributed by atoms with Crippen LogP contribution in [-0.4, -0.2) is 33.9 Å². The van der Waals surface area contributed by atoms with Crippen molar-refractivity contribution in [3.63, 3.8) is 0 Å². The van der Waals surface area contributed by atoms with Crippen LogP contribution in [0.1, 0.15) is 39.0 Å². The van der Waals surface area contributed by atoms with Gasteiger partial charge in [0.1, 0.15) is 0 Å². The zero-order valence-corrected chi connectivity index (χ0v) is 9.97. The van der Waals surface area contributed by atoms with Gasteiger partial charge in [-0.25, -0.2) is 0 Å². The Labute approximate surface area is 73.6 Å². The van der Waals surface area contributed by atoms with Crippen molar-refractivity contribution < 1.29 is 0 Å². The van der Waals surface area contributed by atoms with E-state index >= 15 is 0 Å². The van der Waals surface area contributed by atoms with Crippen LogP contribution in [0, 0.1) is 0 Å². The van der Waals surface area contributed by atoms with E-state index in [1.54, 1.807) is 0 Å². The lowest BCUT2D eigenvalue weighted by atomic mass is 9.94. The summed E-state index contributed by atoms with van der Waals surface area (Å²) in [5.74, 6) is 0. The lowest BCUT2D eigenvalue weighted by Gasteiger charge is -2.32. The molecule has 1 rings (SSSR count). The van der Waals surface area contributed by atoms with Crippen LogP contribution in [0.5, 0.6) is 0 Å². The van der Waals surface area contributed by atoms with Crippen molar-refractivity contribution in [1.29, 1.82) is 0 Å². The van der Waals surface area contributed by atoms with Crippen LogP contribution in [0.25, 0.3) is 0 Å². The predicted octanol–water partition coefficient (Wildman–Crippen LogP) is 0.964. The fourth-order valence-corrected chi connectivity index (χ4v) is 3.15. The van der Waals surface area contributed by atoms with Gasteiger partial charge in [0.05, 0.1) is 0 Å². The first kappa shape index (κ1) is 9.27. The minimum absolute atomic E-state index is 0.950. The monoisotopic (exact) mass is 171 g/mol. The molecular weight excluding hydrogens is 150 g/mol. The lowest BCUT2D eigenvalue weighted by molar-refractivity contribution is 0.190. The molecule has 0 spiro atoms. The van der Waals surface area contributed by atoms with Crippen LogP contribution in [-0.2, 0) is 0 Å². The predicted molar refractivity (Wildman–Crippen MR) is 54.1 cm³/mol. The molecule has 0 amide bonds. The molecule has 11 heavy (non-hydrogen) atoms. The first-order valence-corrected chi connectivity index (χ1v) is 6.54. The SMILES string of the molecule is CCN(C[SiH3])C1CCCCC1. The van der Waals surface area contributed by atoms with E-state index in [1.807, 2.05) is 0 Å². The molecule has 1 fully saturated rings. The first-order valence-electron chi connectivity index (χ1n) is 5.12. The maximum Gasteiger partial charge on any atom is 0.0205 e. The summed E-state index contributed by atoms with van der Waals surface area (Å²) in [6.45, 7) is 3.57. The Balaban J connectivity index is 2.30. The number of nitrogens with zero attached hydrogens (tertiary/aromatic N) is 1. The van der Waals surface area contributed by atoms with Gasteiger partial charge in [0, 0.05) is 16.3 Å². The van der Waals surface area contributed by atoms with Crippen LogP contribution >= 0.6 is 0 Å². The Morgan fingerprint density at radius 3 is 2.36 bits per heavy atom. The second kappa shape index (κ2) is 4.94. The van der Waals surface area contributed by atoms with Crippen molar-refractivity contribution in [2.24, 2.45) is 0 Å². The molecule has 0 aromatic carbocycles. The third kappa shape index (κ3) is 2.60. The van der Waals surface area contributed by atoms with Crippen molar-refractivity contribution in [3.05, 3.63) is 0 Å². The Hall–Kier alpha value is 0.177. The normalized spacial score (nSPS) is 21.3. The molecule has 0 saturated heterocycles. The summed E-state index contributed by atoms with van der Waals surface area (Å²) in [6.07, 6.45) is 8.74. The highest BCUT2D eigenvalue weighted by Crippen LogP contribution is 2.21. The van der Waals surface area contributed by atoms with E-state index in [0.717, 1.165) is 6.04 Å². The largest absolute Gasteiger partial charge is 0.304 e. The van der Waals surface area contributed by atoms with Gasteiger partial charge in [0.25, 0.3) is 0 Å². The summed E-state index contributed by atoms with van der Waals surface area (Å²) in [5, 5.41) is 0. The molecule has 66 valence electrons. The molecular formula is C9H21NSi. The van der Waals surface area contributed by atoms with E-state index in [-0.39, 0.29) is 0 Å². The molecule has 0 bridgehead atoms. The zero-order valence-electron chi connectivity index (χ0n) is 7.97. The molecule has 1 aliphatic rings. The van der Waals surface area contributed by atoms with Gasteiger partial charge in [-0.3, -0.25) is 0 Å². The average molecular weight is 171 g/mol. The molecule has 0 N–H and O–H groups in total. The standard InChI is InChI=1S/C9H21NSi/c1-2-10(8-11)9-6-4-3-5-7-9/h9H,2-8H2,1,11H3. The van der Waals surface area contributed by atoms with Gasteiger partial charge in [-0.05, 0) is 25.6 Å². The zero-order chi connectivity index (χ0) is 8.10. The molecule has 0 aliphatic heterocycles. The highest BCUT2D eigenvalue weighted by Gasteiger charge is 2.17. The molecule has 0 unspecified atom stereocenters. The van der Waals surface area contributed by atoms with Crippen LogP contribution < -0.4 is 0 Å². The number of rotatable bonds is 3. The van der Waals surface area contributed by atoms with E-state index in [9.17, 15) is 0 Å². The Bertz CT molecular complexity index is 95.7. The molecule has 0 aromatic rings. The van der Waals surface area contributed by atoms with Gasteiger partial charge < -0.3 is 4.90 Å². The Kier molecular flexibility index (Phi) is 4.16. The highest BCUT2D eigenvalue weighted by molar-refractivity contribution is 6.08. The first-order chi connectivity index (χ1) is 5.38. The van der Waals surface area contributed by atoms with Gasteiger partial charge in [-0.15, -0.1) is 0 Å². The number of hydrogen-bond acceptors (Lipinski definition) is 1. The Morgan fingerprint density at radius 1 is 1.27 bits per heavy atom. The second-order valence-electron chi connectivity index (χ2n) is 3.51. The average Bonchev–Trinajstić information content (AvgIpc) is 2.09. The van der Waals surface area contributed by atoms with Gasteiger partial charge in [-0.2, -0.15) is 0 Å². The number of hydrogen-bond donors (Lipinski definition) is 0. The third-order valence-electron chi connectivity index (χ3n) is 2.90. The quantitative estimate of drug-likeness (QED) is 0.572. The molecule has 1 nitrogen and oxygen atoms in total. The molecule has 1 aliphatic carbocycles. The minimum Gasteiger partial charge on any atom is -0.304 e. The van der Waals surface area contributed by atoms with E-state index < -0.39 is 0 Å². The summed E-state index contributed by atoms with van der Waals surface area (Å²) in [5.41, 5.74) is 0. The molecule has 2 heteroatoms. The van der Waals surface area contributed by atoms with Crippen molar-refractivity contribution in [1.82, 2.24) is 4.90 Å². The van der Waals surface area contributed by atoms with E-state index in [1.165, 1.54) is 55.1 Å². The van der Waals surface area contributed by atoms with Gasteiger partial charge in [-0.1, -0.05) is 26.2 Å². The summed E-state index contributed by atoms with van der Waals surface area (Å²) in [6, 6.07) is 0.950. The van der Waals surface area contributed by atoms with E-state index in [2.05, 4.69) is 11.8 Å². The molecule has 1 saturated carbocycles. The molecule has 0 atom stereocenters. The summed E-state index contributed by atoms with van der Waals surface area (Å²) in [7, 11) is 1.34. The molecule has 0 aromatic heterocycles. The van der Waals surface area contributed by atoms with Crippen molar-refractivity contribution in [3.8, 4) is 0 Å². The van der Waals surface area contributed by atoms with Crippen molar-refractivity contribution in [2.45, 2.75) is 45.1 Å². The second-order valence-corrected chi connectivity index (χ2v) is 4.15. The van der Waals surface area contributed by atoms with Crippen LogP contribution in [0.3, 0.4) is 0 Å². The summed E-state index contributed by atoms with van der Waals surface area (Å²) < 4.78 is 0. The van der Waals surface area contributed by atoms with E-state index in [4.69, 9.17) is 0 Å². The fraction of sp³-hybridized carbons (Fsp3) is 1.00. The summed E-state index contributed by atoms with van der Waals surface area (Å²) in [4.78, 5) is 2.67. The smallest absolute Gasteiger partial charge is 0.0205 e. The fourth-order valence-electron chi connectivity index (χ4n) is 2.19. The van der Waals surface area contributed by atoms with Gasteiger partial charge in [0.2, 0.25) is 0 Å². The molecule has 0 heterocycles. The topological polar surface area (TPSA) is 3.24 Å². The van der Waals surface area contributed by atoms with Crippen LogP contribution in [0.4, 0.5) is 0 Å². The van der Waals surface area contributed by atoms with Gasteiger partial charge >= 0.3 is 0 Å². The summed E-state index contributed by atoms with van der Waals surface area (Å²) >= 11 is 0. The van der Waals surface area contributed by atoms with E-state index in [0.29, 0.717) is 0 Å². The lowest BCUT2D eigenvalue weighted by Crippen LogP contribution is -2.37. The van der Waals surface area contributed by atoms with Crippen LogP contribution in [0.2, 0.25) is 0 Å². The van der Waals surface area contributed by atoms with Crippen molar-refractivity contribution in [2.75, 3.05) is 12.7 Å². The third-order valence-corrected chi connectivity index (χ3v) is 3.72.